The van der Waals surface area contributed by atoms with Gasteiger partial charge in [-0.3, -0.25) is 9.59 Å². The summed E-state index contributed by atoms with van der Waals surface area (Å²) in [6.07, 6.45) is 5.94. The van der Waals surface area contributed by atoms with Gasteiger partial charge in [-0.05, 0) is 71.7 Å². The number of carbonyl (C=O) groups excluding carboxylic acids is 2. The Morgan fingerprint density at radius 1 is 1.35 bits per heavy atom. The van der Waals surface area contributed by atoms with Crippen LogP contribution in [0.4, 0.5) is 0 Å². The number of thioether (sulfide) groups is 1. The molecule has 1 atom stereocenters. The van der Waals surface area contributed by atoms with Crippen LogP contribution in [0.2, 0.25) is 0 Å². The van der Waals surface area contributed by atoms with E-state index in [1.54, 1.807) is 23.9 Å². The van der Waals surface area contributed by atoms with Crippen LogP contribution in [0, 0.1) is 5.92 Å². The van der Waals surface area contributed by atoms with Gasteiger partial charge < -0.3 is 15.4 Å². The Labute approximate surface area is 168 Å². The molecule has 0 radical (unpaired) electrons. The lowest BCUT2D eigenvalue weighted by Gasteiger charge is -2.18. The molecule has 5 nitrogen and oxygen atoms in total. The summed E-state index contributed by atoms with van der Waals surface area (Å²) in [6.45, 7) is 2.06. The number of benzene rings is 1. The topological polar surface area (TPSA) is 67.4 Å². The average Bonchev–Trinajstić information content (AvgIpc) is 3.45. The van der Waals surface area contributed by atoms with Crippen LogP contribution in [0.1, 0.15) is 36.0 Å². The molecule has 2 rings (SSSR count). The minimum absolute atomic E-state index is 0.137. The van der Waals surface area contributed by atoms with E-state index in [1.165, 1.54) is 12.8 Å². The highest BCUT2D eigenvalue weighted by atomic mass is 79.9. The minimum Gasteiger partial charge on any atom is -0.381 e. The van der Waals surface area contributed by atoms with Crippen molar-refractivity contribution in [1.82, 2.24) is 10.6 Å². The molecule has 0 aliphatic heterocycles. The molecule has 1 aliphatic carbocycles. The maximum absolute atomic E-state index is 12.5. The lowest BCUT2D eigenvalue weighted by Crippen LogP contribution is -2.47. The van der Waals surface area contributed by atoms with Crippen LogP contribution in [0.15, 0.2) is 28.7 Å². The largest absolute Gasteiger partial charge is 0.381 e. The molecular formula is C19H27BrN2O3S. The van der Waals surface area contributed by atoms with Crippen LogP contribution in [0.25, 0.3) is 0 Å². The van der Waals surface area contributed by atoms with Crippen molar-refractivity contribution < 1.29 is 14.3 Å². The second-order valence-corrected chi connectivity index (χ2v) is 8.29. The van der Waals surface area contributed by atoms with Crippen LogP contribution < -0.4 is 10.6 Å². The van der Waals surface area contributed by atoms with E-state index in [1.807, 2.05) is 18.4 Å². The van der Waals surface area contributed by atoms with Gasteiger partial charge in [0.25, 0.3) is 5.91 Å². The highest BCUT2D eigenvalue weighted by Crippen LogP contribution is 2.28. The fraction of sp³-hybridized carbons (Fsp3) is 0.579. The summed E-state index contributed by atoms with van der Waals surface area (Å²) in [7, 11) is 0. The van der Waals surface area contributed by atoms with Gasteiger partial charge in [-0.1, -0.05) is 12.1 Å². The number of hydrogen-bond donors (Lipinski definition) is 2. The molecule has 1 aliphatic rings. The lowest BCUT2D eigenvalue weighted by molar-refractivity contribution is -0.123. The van der Waals surface area contributed by atoms with Gasteiger partial charge >= 0.3 is 0 Å². The predicted octanol–water partition coefficient (Wildman–Crippen LogP) is 3.23. The van der Waals surface area contributed by atoms with E-state index < -0.39 is 6.04 Å². The summed E-state index contributed by atoms with van der Waals surface area (Å²) in [6, 6.07) is 6.67. The SMILES string of the molecule is CSCCC(NC(=O)c1ccccc1Br)C(=O)NCCCOCC1CC1. The van der Waals surface area contributed by atoms with Crippen molar-refractivity contribution in [1.29, 1.82) is 0 Å². The van der Waals surface area contributed by atoms with Gasteiger partial charge in [0.05, 0.1) is 5.56 Å². The van der Waals surface area contributed by atoms with Crippen molar-refractivity contribution in [2.45, 2.75) is 31.7 Å². The summed E-state index contributed by atoms with van der Waals surface area (Å²) in [5, 5.41) is 5.77. The summed E-state index contributed by atoms with van der Waals surface area (Å²) in [5.41, 5.74) is 0.530. The first-order valence-electron chi connectivity index (χ1n) is 9.01. The van der Waals surface area contributed by atoms with Gasteiger partial charge in [0.1, 0.15) is 6.04 Å². The zero-order chi connectivity index (χ0) is 18.8. The van der Waals surface area contributed by atoms with E-state index in [0.717, 1.165) is 24.7 Å². The maximum atomic E-state index is 12.5. The van der Waals surface area contributed by atoms with Crippen LogP contribution in [0.3, 0.4) is 0 Å². The maximum Gasteiger partial charge on any atom is 0.253 e. The third kappa shape index (κ3) is 7.68. The zero-order valence-electron chi connectivity index (χ0n) is 15.1. The van der Waals surface area contributed by atoms with Gasteiger partial charge in [0, 0.05) is 24.2 Å². The lowest BCUT2D eigenvalue weighted by atomic mass is 10.1. The quantitative estimate of drug-likeness (QED) is 0.487. The molecule has 7 heteroatoms. The second-order valence-electron chi connectivity index (χ2n) is 6.45. The Balaban J connectivity index is 1.77. The number of carbonyl (C=O) groups is 2. The van der Waals surface area contributed by atoms with E-state index >= 15 is 0 Å². The molecule has 0 bridgehead atoms. The van der Waals surface area contributed by atoms with Crippen LogP contribution in [-0.4, -0.2) is 49.6 Å². The first kappa shape index (κ1) is 21.3. The molecule has 1 aromatic carbocycles. The Morgan fingerprint density at radius 3 is 2.81 bits per heavy atom. The number of amides is 2. The number of ether oxygens (including phenoxy) is 1. The number of nitrogens with one attached hydrogen (secondary N) is 2. The molecule has 0 saturated heterocycles. The van der Waals surface area contributed by atoms with Crippen molar-refractivity contribution in [2.75, 3.05) is 31.8 Å². The van der Waals surface area contributed by atoms with Crippen molar-refractivity contribution >= 4 is 39.5 Å². The molecule has 26 heavy (non-hydrogen) atoms. The third-order valence-electron chi connectivity index (χ3n) is 4.17. The molecule has 0 heterocycles. The summed E-state index contributed by atoms with van der Waals surface area (Å²) in [4.78, 5) is 24.9. The van der Waals surface area contributed by atoms with Gasteiger partial charge in [-0.25, -0.2) is 0 Å². The minimum atomic E-state index is -0.533. The first-order chi connectivity index (χ1) is 12.6. The van der Waals surface area contributed by atoms with E-state index in [4.69, 9.17) is 4.74 Å². The molecule has 144 valence electrons. The fourth-order valence-electron chi connectivity index (χ4n) is 2.43. The number of halogens is 1. The third-order valence-corrected chi connectivity index (χ3v) is 5.50. The standard InChI is InChI=1S/C19H27BrN2O3S/c1-26-12-9-17(22-18(23)15-5-2-3-6-16(15)20)19(24)21-10-4-11-25-13-14-7-8-14/h2-3,5-6,14,17H,4,7-13H2,1H3,(H,21,24)(H,22,23). The van der Waals surface area contributed by atoms with Crippen molar-refractivity contribution in [2.24, 2.45) is 5.92 Å². The molecule has 1 aromatic rings. The van der Waals surface area contributed by atoms with Gasteiger partial charge in [0.15, 0.2) is 0 Å². The van der Waals surface area contributed by atoms with Crippen LogP contribution in [-0.2, 0) is 9.53 Å². The zero-order valence-corrected chi connectivity index (χ0v) is 17.5. The molecule has 1 saturated carbocycles. The highest BCUT2D eigenvalue weighted by Gasteiger charge is 2.22. The van der Waals surface area contributed by atoms with E-state index in [0.29, 0.717) is 29.6 Å². The van der Waals surface area contributed by atoms with Crippen molar-refractivity contribution in [3.8, 4) is 0 Å². The Morgan fingerprint density at radius 2 is 2.12 bits per heavy atom. The van der Waals surface area contributed by atoms with Gasteiger partial charge in [-0.2, -0.15) is 11.8 Å². The van der Waals surface area contributed by atoms with Crippen LogP contribution >= 0.6 is 27.7 Å². The van der Waals surface area contributed by atoms with Crippen LogP contribution in [0.5, 0.6) is 0 Å². The van der Waals surface area contributed by atoms with Gasteiger partial charge in [0.2, 0.25) is 5.91 Å². The Bertz CT molecular complexity index is 596. The number of rotatable bonds is 12. The van der Waals surface area contributed by atoms with Gasteiger partial charge in [-0.15, -0.1) is 0 Å². The molecular weight excluding hydrogens is 416 g/mol. The summed E-state index contributed by atoms with van der Waals surface area (Å²) in [5.74, 6) is 1.18. The second kappa shape index (κ2) is 11.6. The van der Waals surface area contributed by atoms with E-state index in [2.05, 4.69) is 26.6 Å². The van der Waals surface area contributed by atoms with Crippen molar-refractivity contribution in [3.05, 3.63) is 34.3 Å². The summed E-state index contributed by atoms with van der Waals surface area (Å²) >= 11 is 5.03. The normalized spacial score (nSPS) is 14.7. The first-order valence-corrected chi connectivity index (χ1v) is 11.2. The number of hydrogen-bond acceptors (Lipinski definition) is 4. The Hall–Kier alpha value is -1.05. The molecule has 0 aromatic heterocycles. The van der Waals surface area contributed by atoms with Crippen molar-refractivity contribution in [3.63, 3.8) is 0 Å². The predicted molar refractivity (Wildman–Crippen MR) is 110 cm³/mol. The fourth-order valence-corrected chi connectivity index (χ4v) is 3.37. The summed E-state index contributed by atoms with van der Waals surface area (Å²) < 4.78 is 6.29. The van der Waals surface area contributed by atoms with E-state index in [-0.39, 0.29) is 11.8 Å². The smallest absolute Gasteiger partial charge is 0.253 e. The molecule has 2 N–H and O–H groups in total. The molecule has 1 unspecified atom stereocenters. The monoisotopic (exact) mass is 442 g/mol. The molecule has 2 amide bonds. The average molecular weight is 443 g/mol. The highest BCUT2D eigenvalue weighted by molar-refractivity contribution is 9.10. The molecule has 0 spiro atoms. The Kier molecular flexibility index (Phi) is 9.50. The molecule has 1 fully saturated rings. The van der Waals surface area contributed by atoms with E-state index in [9.17, 15) is 9.59 Å².